The molecule has 0 aromatic heterocycles. The summed E-state index contributed by atoms with van der Waals surface area (Å²) in [6.45, 7) is 5.14. The zero-order chi connectivity index (χ0) is 13.0. The van der Waals surface area contributed by atoms with Gasteiger partial charge in [0, 0.05) is 16.1 Å². The monoisotopic (exact) mass is 264 g/mol. The van der Waals surface area contributed by atoms with Gasteiger partial charge in [0.1, 0.15) is 6.04 Å². The van der Waals surface area contributed by atoms with Crippen molar-refractivity contribution < 1.29 is 4.79 Å². The van der Waals surface area contributed by atoms with Gasteiger partial charge in [-0.3, -0.25) is 4.79 Å². The van der Waals surface area contributed by atoms with Crippen molar-refractivity contribution in [1.29, 1.82) is 0 Å². The van der Waals surface area contributed by atoms with E-state index in [9.17, 15) is 4.79 Å². The third-order valence-corrected chi connectivity index (χ3v) is 4.13. The first-order chi connectivity index (χ1) is 8.76. The summed E-state index contributed by atoms with van der Waals surface area (Å²) < 4.78 is 0. The van der Waals surface area contributed by atoms with Gasteiger partial charge in [-0.25, -0.2) is 0 Å². The zero-order valence-corrected chi connectivity index (χ0v) is 11.8. The number of fused-ring (bicyclic) bond motifs is 1. The Morgan fingerprint density at radius 1 is 1.33 bits per heavy atom. The molecular weight excluding hydrogens is 244 g/mol. The lowest BCUT2D eigenvalue weighted by atomic mass is 10.1. The molecule has 0 aliphatic carbocycles. The highest BCUT2D eigenvalue weighted by Gasteiger charge is 2.29. The van der Waals surface area contributed by atoms with Gasteiger partial charge in [-0.1, -0.05) is 19.9 Å². The number of anilines is 1. The van der Waals surface area contributed by atoms with Crippen LogP contribution in [0.25, 0.3) is 0 Å². The Morgan fingerprint density at radius 2 is 2.17 bits per heavy atom. The number of nitrogens with one attached hydrogen (secondary N) is 2. The number of carbonyl (C=O) groups excluding carboxylic acids is 1. The summed E-state index contributed by atoms with van der Waals surface area (Å²) in [6, 6.07) is 6.09. The van der Waals surface area contributed by atoms with Crippen molar-refractivity contribution in [2.75, 3.05) is 17.6 Å². The van der Waals surface area contributed by atoms with Crippen molar-refractivity contribution >= 4 is 23.4 Å². The Balaban J connectivity index is 2.13. The molecule has 0 saturated heterocycles. The van der Waals surface area contributed by atoms with Crippen LogP contribution in [0.2, 0.25) is 0 Å². The lowest BCUT2D eigenvalue weighted by molar-refractivity contribution is -0.117. The van der Waals surface area contributed by atoms with E-state index in [-0.39, 0.29) is 11.9 Å². The first-order valence-electron chi connectivity index (χ1n) is 6.57. The zero-order valence-electron chi connectivity index (χ0n) is 11.0. The van der Waals surface area contributed by atoms with Crippen LogP contribution in [-0.2, 0) is 4.79 Å². The molecule has 0 bridgehead atoms. The second-order valence-electron chi connectivity index (χ2n) is 4.47. The normalized spacial score (nSPS) is 17.7. The SMILES string of the molecule is CCCNC1C(=O)Nc2cc(SCCC)ccc21. The summed E-state index contributed by atoms with van der Waals surface area (Å²) in [5.74, 6) is 1.18. The number of thioether (sulfide) groups is 1. The number of hydrogen-bond acceptors (Lipinski definition) is 3. The Hall–Kier alpha value is -1.00. The Kier molecular flexibility index (Phi) is 4.66. The van der Waals surface area contributed by atoms with Crippen LogP contribution in [0.3, 0.4) is 0 Å². The molecule has 98 valence electrons. The minimum atomic E-state index is -0.176. The van der Waals surface area contributed by atoms with E-state index in [1.54, 1.807) is 0 Å². The Morgan fingerprint density at radius 3 is 2.89 bits per heavy atom. The van der Waals surface area contributed by atoms with E-state index in [0.29, 0.717) is 0 Å². The van der Waals surface area contributed by atoms with Crippen molar-refractivity contribution in [3.05, 3.63) is 23.8 Å². The molecular formula is C14H20N2OS. The van der Waals surface area contributed by atoms with Gasteiger partial charge in [-0.2, -0.15) is 0 Å². The van der Waals surface area contributed by atoms with E-state index in [0.717, 1.165) is 36.4 Å². The summed E-state index contributed by atoms with van der Waals surface area (Å²) in [5, 5.41) is 6.24. The Labute approximate surface area is 113 Å². The lowest BCUT2D eigenvalue weighted by Gasteiger charge is -2.10. The molecule has 2 rings (SSSR count). The first-order valence-corrected chi connectivity index (χ1v) is 7.55. The molecule has 4 heteroatoms. The molecule has 1 aromatic rings. The highest BCUT2D eigenvalue weighted by molar-refractivity contribution is 7.99. The van der Waals surface area contributed by atoms with Gasteiger partial charge in [0.15, 0.2) is 0 Å². The van der Waals surface area contributed by atoms with E-state index in [1.165, 1.54) is 4.90 Å². The lowest BCUT2D eigenvalue weighted by Crippen LogP contribution is -2.27. The van der Waals surface area contributed by atoms with Gasteiger partial charge in [-0.15, -0.1) is 11.8 Å². The van der Waals surface area contributed by atoms with Crippen LogP contribution in [-0.4, -0.2) is 18.2 Å². The number of amides is 1. The summed E-state index contributed by atoms with van der Waals surface area (Å²) >= 11 is 1.84. The molecule has 2 N–H and O–H groups in total. The fraction of sp³-hybridized carbons (Fsp3) is 0.500. The van der Waals surface area contributed by atoms with E-state index in [1.807, 2.05) is 11.8 Å². The van der Waals surface area contributed by atoms with Crippen LogP contribution < -0.4 is 10.6 Å². The Bertz CT molecular complexity index is 434. The van der Waals surface area contributed by atoms with Crippen molar-refractivity contribution in [3.63, 3.8) is 0 Å². The van der Waals surface area contributed by atoms with Crippen LogP contribution in [0.15, 0.2) is 23.1 Å². The quantitative estimate of drug-likeness (QED) is 0.775. The topological polar surface area (TPSA) is 41.1 Å². The second-order valence-corrected chi connectivity index (χ2v) is 5.64. The van der Waals surface area contributed by atoms with E-state index in [4.69, 9.17) is 0 Å². The summed E-state index contributed by atoms with van der Waals surface area (Å²) in [5.41, 5.74) is 2.05. The molecule has 0 fully saturated rings. The molecule has 0 radical (unpaired) electrons. The van der Waals surface area contributed by atoms with Crippen LogP contribution in [0.1, 0.15) is 38.3 Å². The van der Waals surface area contributed by atoms with Gasteiger partial charge in [0.05, 0.1) is 0 Å². The predicted molar refractivity (Wildman–Crippen MR) is 77.1 cm³/mol. The molecule has 0 spiro atoms. The predicted octanol–water partition coefficient (Wildman–Crippen LogP) is 3.18. The van der Waals surface area contributed by atoms with E-state index >= 15 is 0 Å². The fourth-order valence-electron chi connectivity index (χ4n) is 2.04. The third kappa shape index (κ3) is 2.87. The van der Waals surface area contributed by atoms with Crippen LogP contribution in [0, 0.1) is 0 Å². The van der Waals surface area contributed by atoms with Crippen molar-refractivity contribution in [3.8, 4) is 0 Å². The maximum atomic E-state index is 11.9. The minimum absolute atomic E-state index is 0.0658. The molecule has 1 aromatic carbocycles. The average molecular weight is 264 g/mol. The molecule has 1 heterocycles. The summed E-state index contributed by atoms with van der Waals surface area (Å²) in [6.07, 6.45) is 2.19. The summed E-state index contributed by atoms with van der Waals surface area (Å²) in [4.78, 5) is 13.1. The van der Waals surface area contributed by atoms with Crippen molar-refractivity contribution in [2.45, 2.75) is 37.6 Å². The van der Waals surface area contributed by atoms with Gasteiger partial charge in [-0.05, 0) is 37.3 Å². The van der Waals surface area contributed by atoms with Crippen LogP contribution >= 0.6 is 11.8 Å². The van der Waals surface area contributed by atoms with Crippen molar-refractivity contribution in [2.24, 2.45) is 0 Å². The molecule has 1 atom stereocenters. The summed E-state index contributed by atoms with van der Waals surface area (Å²) in [7, 11) is 0. The van der Waals surface area contributed by atoms with Crippen molar-refractivity contribution in [1.82, 2.24) is 5.32 Å². The number of carbonyl (C=O) groups is 1. The standard InChI is InChI=1S/C14H20N2OS/c1-3-7-15-13-11-6-5-10(18-8-4-2)9-12(11)16-14(13)17/h5-6,9,13,15H,3-4,7-8H2,1-2H3,(H,16,17). The van der Waals surface area contributed by atoms with E-state index < -0.39 is 0 Å². The third-order valence-electron chi connectivity index (χ3n) is 2.93. The maximum Gasteiger partial charge on any atom is 0.246 e. The molecule has 1 aliphatic rings. The molecule has 1 aliphatic heterocycles. The van der Waals surface area contributed by atoms with Crippen LogP contribution in [0.5, 0.6) is 0 Å². The first kappa shape index (κ1) is 13.4. The van der Waals surface area contributed by atoms with Gasteiger partial charge >= 0.3 is 0 Å². The fourth-order valence-corrected chi connectivity index (χ4v) is 2.85. The van der Waals surface area contributed by atoms with Gasteiger partial charge in [0.25, 0.3) is 0 Å². The highest BCUT2D eigenvalue weighted by atomic mass is 32.2. The average Bonchev–Trinajstić information content (AvgIpc) is 2.68. The van der Waals surface area contributed by atoms with Crippen LogP contribution in [0.4, 0.5) is 5.69 Å². The van der Waals surface area contributed by atoms with Gasteiger partial charge < -0.3 is 10.6 Å². The minimum Gasteiger partial charge on any atom is -0.324 e. The molecule has 3 nitrogen and oxygen atoms in total. The smallest absolute Gasteiger partial charge is 0.246 e. The number of hydrogen-bond donors (Lipinski definition) is 2. The molecule has 18 heavy (non-hydrogen) atoms. The molecule has 1 amide bonds. The molecule has 0 saturated carbocycles. The number of benzene rings is 1. The highest BCUT2D eigenvalue weighted by Crippen LogP contribution is 2.34. The largest absolute Gasteiger partial charge is 0.324 e. The number of rotatable bonds is 6. The van der Waals surface area contributed by atoms with E-state index in [2.05, 4.69) is 42.7 Å². The van der Waals surface area contributed by atoms with Gasteiger partial charge in [0.2, 0.25) is 5.91 Å². The molecule has 1 unspecified atom stereocenters. The maximum absolute atomic E-state index is 11.9. The second kappa shape index (κ2) is 6.25.